The van der Waals surface area contributed by atoms with Crippen LogP contribution < -0.4 is 5.32 Å². The number of nitrogens with zero attached hydrogens (tertiary/aromatic N) is 1. The Balaban J connectivity index is 1.47. The molecule has 2 aliphatic heterocycles. The van der Waals surface area contributed by atoms with Crippen LogP contribution >= 0.6 is 0 Å². The minimum absolute atomic E-state index is 0.0561. The summed E-state index contributed by atoms with van der Waals surface area (Å²) in [5.41, 5.74) is 1.28. The van der Waals surface area contributed by atoms with Gasteiger partial charge in [0.05, 0.1) is 5.56 Å². The highest BCUT2D eigenvalue weighted by atomic mass is 16.4. The molecule has 2 aliphatic rings. The topological polar surface area (TPSA) is 86.7 Å². The van der Waals surface area contributed by atoms with Gasteiger partial charge in [0.15, 0.2) is 0 Å². The van der Waals surface area contributed by atoms with E-state index in [9.17, 15) is 14.4 Å². The van der Waals surface area contributed by atoms with Crippen LogP contribution in [0.15, 0.2) is 24.3 Å². The standard InChI is InChI=1S/C18H22N2O4/c21-15-11-18(12-19-15)7-9-20(10-8-18)16(22)6-3-13-1-4-14(5-2-13)17(23)24/h1-2,4-5H,3,6-12H2,(H,19,21)(H,23,24). The molecule has 0 aliphatic carbocycles. The molecular weight excluding hydrogens is 308 g/mol. The van der Waals surface area contributed by atoms with Gasteiger partial charge in [0.25, 0.3) is 0 Å². The fourth-order valence-corrected chi connectivity index (χ4v) is 3.56. The summed E-state index contributed by atoms with van der Waals surface area (Å²) in [6, 6.07) is 6.66. The number of hydrogen-bond donors (Lipinski definition) is 2. The van der Waals surface area contributed by atoms with E-state index in [2.05, 4.69) is 5.32 Å². The zero-order valence-corrected chi connectivity index (χ0v) is 13.6. The van der Waals surface area contributed by atoms with Gasteiger partial charge in [-0.3, -0.25) is 9.59 Å². The lowest BCUT2D eigenvalue weighted by atomic mass is 9.77. The van der Waals surface area contributed by atoms with Crippen LogP contribution in [0.5, 0.6) is 0 Å². The third-order valence-corrected chi connectivity index (χ3v) is 5.20. The van der Waals surface area contributed by atoms with Gasteiger partial charge in [-0.25, -0.2) is 4.79 Å². The first-order valence-corrected chi connectivity index (χ1v) is 8.34. The van der Waals surface area contributed by atoms with Crippen LogP contribution in [-0.4, -0.2) is 47.4 Å². The number of carbonyl (C=O) groups excluding carboxylic acids is 2. The minimum Gasteiger partial charge on any atom is -0.478 e. The maximum atomic E-state index is 12.4. The van der Waals surface area contributed by atoms with E-state index in [4.69, 9.17) is 5.11 Å². The summed E-state index contributed by atoms with van der Waals surface area (Å²) < 4.78 is 0. The molecule has 0 bridgehead atoms. The van der Waals surface area contributed by atoms with Crippen molar-refractivity contribution in [2.45, 2.75) is 32.1 Å². The Morgan fingerprint density at radius 1 is 1.17 bits per heavy atom. The first-order valence-electron chi connectivity index (χ1n) is 8.34. The van der Waals surface area contributed by atoms with Crippen molar-refractivity contribution < 1.29 is 19.5 Å². The normalized spacial score (nSPS) is 19.3. The highest BCUT2D eigenvalue weighted by molar-refractivity contribution is 5.87. The second-order valence-corrected chi connectivity index (χ2v) is 6.84. The van der Waals surface area contributed by atoms with Crippen molar-refractivity contribution in [1.82, 2.24) is 10.2 Å². The molecule has 0 atom stereocenters. The zero-order chi connectivity index (χ0) is 17.2. The van der Waals surface area contributed by atoms with Gasteiger partial charge >= 0.3 is 5.97 Å². The Labute approximate surface area is 140 Å². The number of rotatable bonds is 4. The molecule has 2 fully saturated rings. The summed E-state index contributed by atoms with van der Waals surface area (Å²) in [7, 11) is 0. The molecule has 6 heteroatoms. The Bertz CT molecular complexity index is 645. The van der Waals surface area contributed by atoms with Gasteiger partial charge in [-0.1, -0.05) is 12.1 Å². The maximum Gasteiger partial charge on any atom is 0.335 e. The van der Waals surface area contributed by atoms with Crippen LogP contribution in [0.2, 0.25) is 0 Å². The van der Waals surface area contributed by atoms with E-state index in [1.54, 1.807) is 24.3 Å². The summed E-state index contributed by atoms with van der Waals surface area (Å²) in [5.74, 6) is -0.691. The molecule has 6 nitrogen and oxygen atoms in total. The van der Waals surface area contributed by atoms with Crippen molar-refractivity contribution in [2.75, 3.05) is 19.6 Å². The quantitative estimate of drug-likeness (QED) is 0.875. The van der Waals surface area contributed by atoms with Gasteiger partial charge in [0, 0.05) is 32.5 Å². The predicted molar refractivity (Wildman–Crippen MR) is 87.6 cm³/mol. The molecule has 0 saturated carbocycles. The molecule has 0 aromatic heterocycles. The van der Waals surface area contributed by atoms with Crippen LogP contribution in [0.4, 0.5) is 0 Å². The number of carboxylic acids is 1. The monoisotopic (exact) mass is 330 g/mol. The van der Waals surface area contributed by atoms with Gasteiger partial charge in [-0.2, -0.15) is 0 Å². The van der Waals surface area contributed by atoms with Crippen LogP contribution in [0, 0.1) is 5.41 Å². The van der Waals surface area contributed by atoms with E-state index in [0.29, 0.717) is 32.4 Å². The van der Waals surface area contributed by atoms with Crippen molar-refractivity contribution in [3.05, 3.63) is 35.4 Å². The zero-order valence-electron chi connectivity index (χ0n) is 13.6. The van der Waals surface area contributed by atoms with Crippen LogP contribution in [0.3, 0.4) is 0 Å². The highest BCUT2D eigenvalue weighted by Crippen LogP contribution is 2.37. The van der Waals surface area contributed by atoms with E-state index in [1.807, 2.05) is 4.90 Å². The van der Waals surface area contributed by atoms with Gasteiger partial charge in [0.2, 0.25) is 11.8 Å². The van der Waals surface area contributed by atoms with E-state index in [0.717, 1.165) is 24.9 Å². The summed E-state index contributed by atoms with van der Waals surface area (Å²) in [6.45, 7) is 2.17. The van der Waals surface area contributed by atoms with E-state index in [-0.39, 0.29) is 22.8 Å². The first kappa shape index (κ1) is 16.5. The Hall–Kier alpha value is -2.37. The van der Waals surface area contributed by atoms with Crippen molar-refractivity contribution in [3.63, 3.8) is 0 Å². The molecule has 2 saturated heterocycles. The van der Waals surface area contributed by atoms with Crippen LogP contribution in [0.25, 0.3) is 0 Å². The lowest BCUT2D eigenvalue weighted by Crippen LogP contribution is -2.44. The predicted octanol–water partition coefficient (Wildman–Crippen LogP) is 1.45. The molecule has 1 aromatic rings. The highest BCUT2D eigenvalue weighted by Gasteiger charge is 2.41. The Kier molecular flexibility index (Phi) is 4.55. The third-order valence-electron chi connectivity index (χ3n) is 5.20. The smallest absolute Gasteiger partial charge is 0.335 e. The van der Waals surface area contributed by atoms with Crippen molar-refractivity contribution in [3.8, 4) is 0 Å². The Morgan fingerprint density at radius 2 is 1.83 bits per heavy atom. The van der Waals surface area contributed by atoms with Gasteiger partial charge in [-0.05, 0) is 42.4 Å². The number of piperidine rings is 1. The number of aryl methyl sites for hydroxylation is 1. The summed E-state index contributed by atoms with van der Waals surface area (Å²) >= 11 is 0. The van der Waals surface area contributed by atoms with E-state index >= 15 is 0 Å². The number of carbonyl (C=O) groups is 3. The summed E-state index contributed by atoms with van der Waals surface area (Å²) in [5, 5.41) is 11.8. The maximum absolute atomic E-state index is 12.4. The molecule has 2 amide bonds. The molecule has 2 heterocycles. The second-order valence-electron chi connectivity index (χ2n) is 6.84. The molecule has 3 rings (SSSR count). The van der Waals surface area contributed by atoms with Gasteiger partial charge in [-0.15, -0.1) is 0 Å². The van der Waals surface area contributed by atoms with Crippen molar-refractivity contribution in [2.24, 2.45) is 5.41 Å². The minimum atomic E-state index is -0.945. The number of carboxylic acid groups (broad SMARTS) is 1. The number of aromatic carboxylic acids is 1. The lowest BCUT2D eigenvalue weighted by Gasteiger charge is -2.38. The van der Waals surface area contributed by atoms with Gasteiger partial charge in [0.1, 0.15) is 0 Å². The van der Waals surface area contributed by atoms with Gasteiger partial charge < -0.3 is 15.3 Å². The number of likely N-dealkylation sites (tertiary alicyclic amines) is 1. The largest absolute Gasteiger partial charge is 0.478 e. The molecular formula is C18H22N2O4. The molecule has 1 aromatic carbocycles. The molecule has 24 heavy (non-hydrogen) atoms. The third kappa shape index (κ3) is 3.58. The van der Waals surface area contributed by atoms with Crippen LogP contribution in [0.1, 0.15) is 41.6 Å². The van der Waals surface area contributed by atoms with Crippen molar-refractivity contribution >= 4 is 17.8 Å². The molecule has 128 valence electrons. The molecule has 2 N–H and O–H groups in total. The summed E-state index contributed by atoms with van der Waals surface area (Å²) in [4.78, 5) is 36.5. The van der Waals surface area contributed by atoms with Crippen LogP contribution in [-0.2, 0) is 16.0 Å². The number of amides is 2. The van der Waals surface area contributed by atoms with E-state index < -0.39 is 5.97 Å². The van der Waals surface area contributed by atoms with Crippen molar-refractivity contribution in [1.29, 1.82) is 0 Å². The Morgan fingerprint density at radius 3 is 2.38 bits per heavy atom. The lowest BCUT2D eigenvalue weighted by molar-refractivity contribution is -0.133. The SMILES string of the molecule is O=C1CC2(CCN(C(=O)CCc3ccc(C(=O)O)cc3)CC2)CN1. The summed E-state index contributed by atoms with van der Waals surface area (Å²) in [6.07, 6.45) is 3.39. The second kappa shape index (κ2) is 6.63. The first-order chi connectivity index (χ1) is 11.5. The average molecular weight is 330 g/mol. The van der Waals surface area contributed by atoms with E-state index in [1.165, 1.54) is 0 Å². The number of hydrogen-bond acceptors (Lipinski definition) is 3. The molecule has 0 radical (unpaired) electrons. The fraction of sp³-hybridized carbons (Fsp3) is 0.500. The average Bonchev–Trinajstić information content (AvgIpc) is 2.94. The fourth-order valence-electron chi connectivity index (χ4n) is 3.56. The molecule has 0 unspecified atom stereocenters. The number of benzene rings is 1. The number of nitrogens with one attached hydrogen (secondary N) is 1. The molecule has 1 spiro atoms.